The normalized spacial score (nSPS) is 10.3. The molecule has 0 fully saturated rings. The zero-order valence-electron chi connectivity index (χ0n) is 12.9. The summed E-state index contributed by atoms with van der Waals surface area (Å²) in [6.45, 7) is 0.731. The summed E-state index contributed by atoms with van der Waals surface area (Å²) in [6.07, 6.45) is 0. The van der Waals surface area contributed by atoms with Crippen molar-refractivity contribution in [2.75, 3.05) is 28.4 Å². The highest BCUT2D eigenvalue weighted by Crippen LogP contribution is 2.39. The minimum absolute atomic E-state index is 0.731. The second-order valence-electron chi connectivity index (χ2n) is 4.59. The van der Waals surface area contributed by atoms with Gasteiger partial charge in [-0.3, -0.25) is 0 Å². The Morgan fingerprint density at radius 3 is 2.00 bits per heavy atom. The molecule has 0 spiro atoms. The molecule has 0 aliphatic rings. The lowest BCUT2D eigenvalue weighted by molar-refractivity contribution is 0.397. The van der Waals surface area contributed by atoms with E-state index in [-0.39, 0.29) is 0 Å². The van der Waals surface area contributed by atoms with E-state index in [9.17, 15) is 0 Å². The summed E-state index contributed by atoms with van der Waals surface area (Å²) >= 11 is 0. The number of hydrogen-bond acceptors (Lipinski definition) is 4. The van der Waals surface area contributed by atoms with E-state index in [4.69, 9.17) is 14.2 Å². The first-order valence-corrected chi connectivity index (χ1v) is 6.78. The molecule has 4 nitrogen and oxygen atoms in total. The average molecular weight is 287 g/mol. The molecule has 0 saturated carbocycles. The maximum absolute atomic E-state index is 5.47. The van der Waals surface area contributed by atoms with E-state index < -0.39 is 0 Å². The lowest BCUT2D eigenvalue weighted by atomic mass is 10.0. The van der Waals surface area contributed by atoms with Crippen molar-refractivity contribution in [2.24, 2.45) is 0 Å². The first-order chi connectivity index (χ1) is 10.2. The van der Waals surface area contributed by atoms with Gasteiger partial charge in [-0.15, -0.1) is 0 Å². The van der Waals surface area contributed by atoms with E-state index in [1.807, 2.05) is 37.4 Å². The van der Waals surface area contributed by atoms with Gasteiger partial charge >= 0.3 is 0 Å². The zero-order chi connectivity index (χ0) is 15.2. The number of rotatable bonds is 6. The Balaban J connectivity index is 2.58. The molecule has 1 N–H and O–H groups in total. The van der Waals surface area contributed by atoms with Gasteiger partial charge in [0, 0.05) is 12.1 Å². The highest BCUT2D eigenvalue weighted by atomic mass is 16.5. The topological polar surface area (TPSA) is 39.7 Å². The molecule has 0 amide bonds. The molecule has 0 saturated heterocycles. The van der Waals surface area contributed by atoms with Crippen LogP contribution in [0.4, 0.5) is 0 Å². The van der Waals surface area contributed by atoms with Crippen molar-refractivity contribution in [1.29, 1.82) is 0 Å². The van der Waals surface area contributed by atoms with E-state index in [0.717, 1.165) is 40.5 Å². The molecule has 2 aromatic rings. The standard InChI is InChI=1S/C17H21NO3/c1-18-11-13-10-12(8-9-14(13)19-2)17-15(20-3)6-5-7-16(17)21-4/h5-10,18H,11H2,1-4H3. The van der Waals surface area contributed by atoms with Crippen LogP contribution in [0.15, 0.2) is 36.4 Å². The van der Waals surface area contributed by atoms with Crippen LogP contribution >= 0.6 is 0 Å². The van der Waals surface area contributed by atoms with Gasteiger partial charge < -0.3 is 19.5 Å². The van der Waals surface area contributed by atoms with E-state index in [0.29, 0.717) is 0 Å². The van der Waals surface area contributed by atoms with Crippen LogP contribution in [0.5, 0.6) is 17.2 Å². The molecule has 0 aromatic heterocycles. The summed E-state index contributed by atoms with van der Waals surface area (Å²) in [4.78, 5) is 0. The molecule has 0 atom stereocenters. The molecule has 0 heterocycles. The fourth-order valence-corrected chi connectivity index (χ4v) is 2.40. The maximum atomic E-state index is 5.47. The van der Waals surface area contributed by atoms with E-state index >= 15 is 0 Å². The lowest BCUT2D eigenvalue weighted by Crippen LogP contribution is -2.07. The highest BCUT2D eigenvalue weighted by molar-refractivity contribution is 5.77. The molecule has 112 valence electrons. The predicted molar refractivity (Wildman–Crippen MR) is 84.3 cm³/mol. The van der Waals surface area contributed by atoms with Gasteiger partial charge in [0.05, 0.1) is 26.9 Å². The summed E-state index contributed by atoms with van der Waals surface area (Å²) in [5.41, 5.74) is 3.07. The number of nitrogens with one attached hydrogen (secondary N) is 1. The third-order valence-electron chi connectivity index (χ3n) is 3.36. The Bertz CT molecular complexity index is 589. The van der Waals surface area contributed by atoms with Gasteiger partial charge in [-0.2, -0.15) is 0 Å². The van der Waals surface area contributed by atoms with Crippen molar-refractivity contribution >= 4 is 0 Å². The van der Waals surface area contributed by atoms with E-state index in [1.54, 1.807) is 21.3 Å². The first kappa shape index (κ1) is 15.2. The van der Waals surface area contributed by atoms with Crippen LogP contribution < -0.4 is 19.5 Å². The molecular formula is C17H21NO3. The van der Waals surface area contributed by atoms with Crippen molar-refractivity contribution in [3.8, 4) is 28.4 Å². The number of benzene rings is 2. The smallest absolute Gasteiger partial charge is 0.130 e. The zero-order valence-corrected chi connectivity index (χ0v) is 12.9. The van der Waals surface area contributed by atoms with Crippen molar-refractivity contribution in [1.82, 2.24) is 5.32 Å². The van der Waals surface area contributed by atoms with Gasteiger partial charge in [0.1, 0.15) is 17.2 Å². The van der Waals surface area contributed by atoms with Gasteiger partial charge in [-0.25, -0.2) is 0 Å². The second-order valence-corrected chi connectivity index (χ2v) is 4.59. The van der Waals surface area contributed by atoms with Crippen molar-refractivity contribution in [3.05, 3.63) is 42.0 Å². The van der Waals surface area contributed by atoms with Gasteiger partial charge in [0.2, 0.25) is 0 Å². The van der Waals surface area contributed by atoms with Gasteiger partial charge in [-0.1, -0.05) is 12.1 Å². The third-order valence-corrected chi connectivity index (χ3v) is 3.36. The monoisotopic (exact) mass is 287 g/mol. The van der Waals surface area contributed by atoms with Crippen LogP contribution in [0.1, 0.15) is 5.56 Å². The minimum Gasteiger partial charge on any atom is -0.496 e. The molecular weight excluding hydrogens is 266 g/mol. The molecule has 0 unspecified atom stereocenters. The summed E-state index contributed by atoms with van der Waals surface area (Å²) in [5.74, 6) is 2.44. The molecule has 0 aliphatic heterocycles. The highest BCUT2D eigenvalue weighted by Gasteiger charge is 2.14. The predicted octanol–water partition coefficient (Wildman–Crippen LogP) is 3.10. The van der Waals surface area contributed by atoms with Gasteiger partial charge in [0.25, 0.3) is 0 Å². The van der Waals surface area contributed by atoms with E-state index in [2.05, 4.69) is 11.4 Å². The Kier molecular flexibility index (Phi) is 5.06. The molecule has 2 aromatic carbocycles. The lowest BCUT2D eigenvalue weighted by Gasteiger charge is -2.15. The Hall–Kier alpha value is -2.20. The Labute approximate surface area is 125 Å². The second kappa shape index (κ2) is 6.99. The molecule has 21 heavy (non-hydrogen) atoms. The number of ether oxygens (including phenoxy) is 3. The third kappa shape index (κ3) is 3.11. The molecule has 2 rings (SSSR count). The largest absolute Gasteiger partial charge is 0.496 e. The van der Waals surface area contributed by atoms with Gasteiger partial charge in [-0.05, 0) is 36.9 Å². The molecule has 0 bridgehead atoms. The molecule has 4 heteroatoms. The molecule has 0 aliphatic carbocycles. The number of hydrogen-bond donors (Lipinski definition) is 1. The van der Waals surface area contributed by atoms with Crippen molar-refractivity contribution < 1.29 is 14.2 Å². The Morgan fingerprint density at radius 2 is 1.48 bits per heavy atom. The van der Waals surface area contributed by atoms with Crippen LogP contribution in [0.2, 0.25) is 0 Å². The summed E-state index contributed by atoms with van der Waals surface area (Å²) in [6, 6.07) is 11.8. The van der Waals surface area contributed by atoms with Crippen LogP contribution in [-0.4, -0.2) is 28.4 Å². The fraction of sp³-hybridized carbons (Fsp3) is 0.294. The Morgan fingerprint density at radius 1 is 0.857 bits per heavy atom. The summed E-state index contributed by atoms with van der Waals surface area (Å²) in [7, 11) is 6.92. The minimum atomic E-state index is 0.731. The van der Waals surface area contributed by atoms with E-state index in [1.165, 1.54) is 0 Å². The van der Waals surface area contributed by atoms with Gasteiger partial charge in [0.15, 0.2) is 0 Å². The first-order valence-electron chi connectivity index (χ1n) is 6.78. The van der Waals surface area contributed by atoms with Crippen LogP contribution in [0.3, 0.4) is 0 Å². The average Bonchev–Trinajstić information content (AvgIpc) is 2.54. The quantitative estimate of drug-likeness (QED) is 0.886. The van der Waals surface area contributed by atoms with Crippen molar-refractivity contribution in [3.63, 3.8) is 0 Å². The maximum Gasteiger partial charge on any atom is 0.130 e. The number of methoxy groups -OCH3 is 3. The molecule has 0 radical (unpaired) electrons. The fourth-order valence-electron chi connectivity index (χ4n) is 2.40. The van der Waals surface area contributed by atoms with Crippen molar-refractivity contribution in [2.45, 2.75) is 6.54 Å². The van der Waals surface area contributed by atoms with Crippen LogP contribution in [0.25, 0.3) is 11.1 Å². The summed E-state index contributed by atoms with van der Waals surface area (Å²) in [5, 5.41) is 3.15. The summed E-state index contributed by atoms with van der Waals surface area (Å²) < 4.78 is 16.3. The SMILES string of the molecule is CNCc1cc(-c2c(OC)cccc2OC)ccc1OC. The van der Waals surface area contributed by atoms with Crippen LogP contribution in [-0.2, 0) is 6.54 Å². The van der Waals surface area contributed by atoms with Crippen LogP contribution in [0, 0.1) is 0 Å².